The van der Waals surface area contributed by atoms with Crippen LogP contribution in [0.15, 0.2) is 103 Å². The first-order chi connectivity index (χ1) is 18.9. The lowest BCUT2D eigenvalue weighted by Crippen LogP contribution is -2.48. The van der Waals surface area contributed by atoms with E-state index in [1.54, 1.807) is 54.6 Å². The molecule has 2 heterocycles. The predicted octanol–water partition coefficient (Wildman–Crippen LogP) is 6.45. The average Bonchev–Trinajstić information content (AvgIpc) is 3.39. The molecular weight excluding hydrogens is 489 g/mol. The van der Waals surface area contributed by atoms with Crippen LogP contribution in [0.5, 0.6) is 0 Å². The van der Waals surface area contributed by atoms with Crippen molar-refractivity contribution in [1.29, 1.82) is 0 Å². The van der Waals surface area contributed by atoms with Crippen LogP contribution < -0.4 is 4.90 Å². The minimum atomic E-state index is -1.71. The van der Waals surface area contributed by atoms with E-state index >= 15 is 4.39 Å². The van der Waals surface area contributed by atoms with Crippen molar-refractivity contribution < 1.29 is 18.8 Å². The van der Waals surface area contributed by atoms with Gasteiger partial charge < -0.3 is 4.90 Å². The molecular formula is C34H24FNO3. The zero-order valence-corrected chi connectivity index (χ0v) is 21.2. The van der Waals surface area contributed by atoms with E-state index in [-0.39, 0.29) is 22.9 Å². The number of hydrogen-bond acceptors (Lipinski definition) is 4. The number of carbonyl (C=O) groups is 3. The smallest absolute Gasteiger partial charge is 0.185 e. The number of nitrogens with zero attached hydrogens (tertiary/aromatic N) is 1. The Bertz CT molecular complexity index is 1690. The third kappa shape index (κ3) is 3.07. The zero-order valence-electron chi connectivity index (χ0n) is 21.2. The molecule has 3 aliphatic rings. The number of ketones is 3. The molecule has 7 rings (SSSR count). The van der Waals surface area contributed by atoms with E-state index in [0.717, 1.165) is 16.8 Å². The van der Waals surface area contributed by atoms with Gasteiger partial charge in [0.2, 0.25) is 0 Å². The maximum absolute atomic E-state index is 15.8. The van der Waals surface area contributed by atoms with Crippen LogP contribution in [-0.2, 0) is 0 Å². The summed E-state index contributed by atoms with van der Waals surface area (Å²) in [4.78, 5) is 45.5. The summed E-state index contributed by atoms with van der Waals surface area (Å²) in [6, 6.07) is 26.1. The fourth-order valence-corrected chi connectivity index (χ4v) is 6.88. The standard InChI is InChI=1S/C34H24FNO3/c1-20-14-16-22(17-15-20)31(37)30-29(25-11-5-6-12-26(25)35)34(32(38)23-9-3-4-10-24(23)33(34)39)28-19-18-21-8-2-7-13-27(21)36(28)30/h2-19,28-30H,1H3/t28-,29+,30+/m1/s1. The molecule has 1 fully saturated rings. The number of aryl methyl sites for hydroxylation is 1. The first-order valence-corrected chi connectivity index (χ1v) is 13.0. The molecule has 190 valence electrons. The van der Waals surface area contributed by atoms with Gasteiger partial charge >= 0.3 is 0 Å². The molecule has 4 aromatic carbocycles. The molecule has 0 aromatic heterocycles. The van der Waals surface area contributed by atoms with Crippen molar-refractivity contribution in [3.63, 3.8) is 0 Å². The van der Waals surface area contributed by atoms with Gasteiger partial charge in [-0.15, -0.1) is 0 Å². The normalized spacial score (nSPS) is 22.1. The average molecular weight is 514 g/mol. The molecule has 0 unspecified atom stereocenters. The molecule has 39 heavy (non-hydrogen) atoms. The number of carbonyl (C=O) groups excluding carboxylic acids is 3. The van der Waals surface area contributed by atoms with E-state index in [1.807, 2.05) is 60.4 Å². The van der Waals surface area contributed by atoms with Crippen molar-refractivity contribution >= 4 is 29.1 Å². The second kappa shape index (κ2) is 8.43. The maximum Gasteiger partial charge on any atom is 0.185 e. The van der Waals surface area contributed by atoms with Gasteiger partial charge in [0.15, 0.2) is 17.3 Å². The molecule has 5 heteroatoms. The molecule has 4 aromatic rings. The molecule has 1 aliphatic carbocycles. The largest absolute Gasteiger partial charge is 0.352 e. The Labute approximate surface area is 225 Å². The number of hydrogen-bond donors (Lipinski definition) is 0. The topological polar surface area (TPSA) is 54.5 Å². The molecule has 1 saturated heterocycles. The lowest BCUT2D eigenvalue weighted by atomic mass is 9.64. The monoisotopic (exact) mass is 513 g/mol. The Balaban J connectivity index is 1.56. The molecule has 0 radical (unpaired) electrons. The molecule has 2 aliphatic heterocycles. The zero-order chi connectivity index (χ0) is 26.9. The van der Waals surface area contributed by atoms with Crippen molar-refractivity contribution in [2.45, 2.75) is 24.9 Å². The number of halogens is 1. The Kier molecular flexibility index (Phi) is 5.08. The van der Waals surface area contributed by atoms with Gasteiger partial charge in [-0.05, 0) is 30.2 Å². The van der Waals surface area contributed by atoms with Crippen LogP contribution in [0.4, 0.5) is 10.1 Å². The van der Waals surface area contributed by atoms with Crippen molar-refractivity contribution in [3.8, 4) is 0 Å². The molecule has 1 spiro atoms. The van der Waals surface area contributed by atoms with Gasteiger partial charge in [-0.25, -0.2) is 4.39 Å². The second-order valence-corrected chi connectivity index (χ2v) is 10.5. The van der Waals surface area contributed by atoms with Crippen molar-refractivity contribution in [2.24, 2.45) is 5.41 Å². The molecule has 0 bridgehead atoms. The molecule has 0 N–H and O–H groups in total. The highest BCUT2D eigenvalue weighted by molar-refractivity contribution is 6.32. The summed E-state index contributed by atoms with van der Waals surface area (Å²) in [5.74, 6) is -2.59. The van der Waals surface area contributed by atoms with Crippen LogP contribution in [0.25, 0.3) is 6.08 Å². The van der Waals surface area contributed by atoms with Crippen LogP contribution in [0, 0.1) is 18.2 Å². The first-order valence-electron chi connectivity index (χ1n) is 13.0. The maximum atomic E-state index is 15.8. The highest BCUT2D eigenvalue weighted by Gasteiger charge is 2.71. The van der Waals surface area contributed by atoms with Crippen LogP contribution in [0.2, 0.25) is 0 Å². The first kappa shape index (κ1) is 23.5. The summed E-state index contributed by atoms with van der Waals surface area (Å²) in [7, 11) is 0. The number of rotatable bonds is 3. The molecule has 4 nitrogen and oxygen atoms in total. The van der Waals surface area contributed by atoms with Gasteiger partial charge in [0.1, 0.15) is 17.3 Å². The van der Waals surface area contributed by atoms with E-state index in [9.17, 15) is 14.4 Å². The minimum Gasteiger partial charge on any atom is -0.352 e. The van der Waals surface area contributed by atoms with Crippen LogP contribution >= 0.6 is 0 Å². The van der Waals surface area contributed by atoms with Gasteiger partial charge in [0, 0.05) is 28.3 Å². The highest BCUT2D eigenvalue weighted by atomic mass is 19.1. The number of para-hydroxylation sites is 1. The Morgan fingerprint density at radius 1 is 0.795 bits per heavy atom. The van der Waals surface area contributed by atoms with Crippen LogP contribution in [0.3, 0.4) is 0 Å². The summed E-state index contributed by atoms with van der Waals surface area (Å²) in [5, 5.41) is 0. The molecule has 0 amide bonds. The Morgan fingerprint density at radius 3 is 2.10 bits per heavy atom. The van der Waals surface area contributed by atoms with Gasteiger partial charge in [0.25, 0.3) is 0 Å². The summed E-state index contributed by atoms with van der Waals surface area (Å²) in [6.07, 6.45) is 3.75. The van der Waals surface area contributed by atoms with Gasteiger partial charge in [0.05, 0.1) is 6.04 Å². The van der Waals surface area contributed by atoms with Crippen LogP contribution in [-0.4, -0.2) is 29.4 Å². The predicted molar refractivity (Wildman–Crippen MR) is 148 cm³/mol. The fraction of sp³-hybridized carbons (Fsp3) is 0.147. The minimum absolute atomic E-state index is 0.192. The van der Waals surface area contributed by atoms with E-state index in [1.165, 1.54) is 6.07 Å². The lowest BCUT2D eigenvalue weighted by Gasteiger charge is -2.37. The number of anilines is 1. The van der Waals surface area contributed by atoms with E-state index in [2.05, 4.69) is 0 Å². The quantitative estimate of drug-likeness (QED) is 0.233. The van der Waals surface area contributed by atoms with Crippen molar-refractivity contribution in [3.05, 3.63) is 142 Å². The third-order valence-corrected chi connectivity index (χ3v) is 8.56. The lowest BCUT2D eigenvalue weighted by molar-refractivity contribution is 0.0664. The Morgan fingerprint density at radius 2 is 1.41 bits per heavy atom. The van der Waals surface area contributed by atoms with E-state index in [4.69, 9.17) is 0 Å². The van der Waals surface area contributed by atoms with Crippen LogP contribution in [0.1, 0.15) is 53.7 Å². The van der Waals surface area contributed by atoms with Gasteiger partial charge in [-0.1, -0.05) is 103 Å². The van der Waals surface area contributed by atoms with E-state index in [0.29, 0.717) is 16.7 Å². The Hall–Kier alpha value is -4.64. The number of benzene rings is 4. The third-order valence-electron chi connectivity index (χ3n) is 8.56. The van der Waals surface area contributed by atoms with Crippen molar-refractivity contribution in [2.75, 3.05) is 4.90 Å². The summed E-state index contributed by atoms with van der Waals surface area (Å²) < 4.78 is 15.8. The number of fused-ring (bicyclic) bond motifs is 5. The van der Waals surface area contributed by atoms with Gasteiger partial charge in [-0.3, -0.25) is 14.4 Å². The summed E-state index contributed by atoms with van der Waals surface area (Å²) in [6.45, 7) is 1.94. The number of Topliss-reactive ketones (excluding diaryl/α,β-unsaturated/α-hetero) is 3. The second-order valence-electron chi connectivity index (χ2n) is 10.5. The molecule has 0 saturated carbocycles. The summed E-state index contributed by atoms with van der Waals surface area (Å²) >= 11 is 0. The highest BCUT2D eigenvalue weighted by Crippen LogP contribution is 2.61. The van der Waals surface area contributed by atoms with Crippen molar-refractivity contribution in [1.82, 2.24) is 0 Å². The molecule has 3 atom stereocenters. The SMILES string of the molecule is Cc1ccc(C(=O)[C@@H]2[C@H](c3ccccc3F)C3(C(=O)c4ccccc4C3=O)[C@H]3C=Cc4ccccc4N23)cc1. The van der Waals surface area contributed by atoms with E-state index < -0.39 is 29.2 Å². The van der Waals surface area contributed by atoms with Gasteiger partial charge in [-0.2, -0.15) is 0 Å². The fourth-order valence-electron chi connectivity index (χ4n) is 6.88. The summed E-state index contributed by atoms with van der Waals surface area (Å²) in [5.41, 5.74) is 2.18.